The maximum Gasteiger partial charge on any atom is 0.326 e. The van der Waals surface area contributed by atoms with Gasteiger partial charge >= 0.3 is 17.7 Å². The molecule has 230 valence electrons. The molecule has 0 saturated carbocycles. The van der Waals surface area contributed by atoms with Crippen molar-refractivity contribution in [2.45, 2.75) is 51.1 Å². The third-order valence-electron chi connectivity index (χ3n) is 8.28. The lowest BCUT2D eigenvalue weighted by atomic mass is 9.95. The van der Waals surface area contributed by atoms with E-state index in [1.54, 1.807) is 33.4 Å². The van der Waals surface area contributed by atoms with Gasteiger partial charge < -0.3 is 29.9 Å². The molecule has 2 saturated heterocycles. The highest BCUT2D eigenvalue weighted by Crippen LogP contribution is 2.34. The van der Waals surface area contributed by atoms with Crippen molar-refractivity contribution in [3.05, 3.63) is 61.4 Å². The number of amides is 3. The number of hydrogen-bond donors (Lipinski definition) is 3. The molecule has 1 aromatic heterocycles. The Morgan fingerprint density at radius 2 is 1.65 bits per heavy atom. The average Bonchev–Trinajstić information content (AvgIpc) is 3.35. The monoisotopic (exact) mass is 719 g/mol. The predicted octanol–water partition coefficient (Wildman–Crippen LogP) is 4.32. The minimum absolute atomic E-state index is 0.0440. The molecule has 2 aliphatic heterocycles. The number of imidazole rings is 1. The van der Waals surface area contributed by atoms with Crippen molar-refractivity contribution in [1.29, 1.82) is 0 Å². The summed E-state index contributed by atoms with van der Waals surface area (Å²) in [6.07, 6.45) is 2.42. The number of nitrogens with one attached hydrogen (secondary N) is 2. The number of rotatable bonds is 7. The Balaban J connectivity index is 1.27. The van der Waals surface area contributed by atoms with Crippen molar-refractivity contribution in [1.82, 2.24) is 24.7 Å². The highest BCUT2D eigenvalue weighted by molar-refractivity contribution is 9.11. The van der Waals surface area contributed by atoms with Gasteiger partial charge in [-0.05, 0) is 94.3 Å². The Morgan fingerprint density at radius 1 is 1.02 bits per heavy atom. The number of phenolic OH excluding ortho intramolecular Hbond substituents is 1. The second-order valence-corrected chi connectivity index (χ2v) is 12.7. The van der Waals surface area contributed by atoms with Crippen molar-refractivity contribution in [3.63, 3.8) is 0 Å². The standard InChI is InChI=1S/C30H35Br2N5O6/c1-2-43-28(40)19-7-11-35(12-8-19)27(39)24(17-18-15-21(31)26(38)22(32)16-18)34-29(41)36-13-9-20(10-14-36)37-25-6-4-3-5-23(25)33-30(37)42/h3-6,15-16,19-20,24,38H,2,7-14,17H2,1H3,(H,33,42)(H,34,41)/t24-/m0/s1. The highest BCUT2D eigenvalue weighted by atomic mass is 79.9. The molecule has 11 nitrogen and oxygen atoms in total. The number of halogens is 2. The summed E-state index contributed by atoms with van der Waals surface area (Å²) in [4.78, 5) is 58.5. The topological polar surface area (TPSA) is 137 Å². The van der Waals surface area contributed by atoms with Crippen molar-refractivity contribution >= 4 is 60.8 Å². The molecule has 43 heavy (non-hydrogen) atoms. The summed E-state index contributed by atoms with van der Waals surface area (Å²) >= 11 is 6.69. The van der Waals surface area contributed by atoms with Crippen LogP contribution >= 0.6 is 31.9 Å². The van der Waals surface area contributed by atoms with E-state index in [0.29, 0.717) is 67.4 Å². The first-order valence-corrected chi connectivity index (χ1v) is 16.1. The number of benzene rings is 2. The molecule has 0 bridgehead atoms. The van der Waals surface area contributed by atoms with Crippen LogP contribution in [-0.4, -0.2) is 81.2 Å². The zero-order valence-electron chi connectivity index (χ0n) is 23.9. The molecule has 2 fully saturated rings. The summed E-state index contributed by atoms with van der Waals surface area (Å²) in [7, 11) is 0. The molecule has 3 N–H and O–H groups in total. The molecule has 3 amide bonds. The molecule has 13 heteroatoms. The zero-order chi connectivity index (χ0) is 30.7. The van der Waals surface area contributed by atoms with Crippen LogP contribution in [0.25, 0.3) is 11.0 Å². The Morgan fingerprint density at radius 3 is 2.30 bits per heavy atom. The summed E-state index contributed by atoms with van der Waals surface area (Å²) in [5, 5.41) is 13.1. The molecule has 2 aliphatic rings. The summed E-state index contributed by atoms with van der Waals surface area (Å²) in [6, 6.07) is 9.77. The first kappa shape index (κ1) is 31.1. The number of fused-ring (bicyclic) bond motifs is 1. The van der Waals surface area contributed by atoms with Crippen LogP contribution in [-0.2, 0) is 20.7 Å². The van der Waals surface area contributed by atoms with Gasteiger partial charge in [-0.1, -0.05) is 12.1 Å². The van der Waals surface area contributed by atoms with E-state index >= 15 is 0 Å². The summed E-state index contributed by atoms with van der Waals surface area (Å²) in [6.45, 7) is 3.74. The van der Waals surface area contributed by atoms with E-state index in [-0.39, 0.29) is 47.7 Å². The Labute approximate surface area is 265 Å². The number of H-pyrrole nitrogens is 1. The summed E-state index contributed by atoms with van der Waals surface area (Å²) in [5.74, 6) is -0.659. The number of hydrogen-bond acceptors (Lipinski definition) is 6. The maximum absolute atomic E-state index is 13.8. The molecule has 1 atom stereocenters. The predicted molar refractivity (Wildman–Crippen MR) is 168 cm³/mol. The zero-order valence-corrected chi connectivity index (χ0v) is 27.0. The molecule has 3 heterocycles. The van der Waals surface area contributed by atoms with Gasteiger partial charge in [-0.2, -0.15) is 0 Å². The summed E-state index contributed by atoms with van der Waals surface area (Å²) in [5.41, 5.74) is 2.22. The van der Waals surface area contributed by atoms with Gasteiger partial charge in [0.05, 0.1) is 32.5 Å². The summed E-state index contributed by atoms with van der Waals surface area (Å²) < 4.78 is 7.88. The number of ether oxygens (including phenoxy) is 1. The average molecular weight is 721 g/mol. The highest BCUT2D eigenvalue weighted by Gasteiger charge is 2.34. The Hall–Kier alpha value is -3.32. The van der Waals surface area contributed by atoms with Gasteiger partial charge in [0.25, 0.3) is 0 Å². The second kappa shape index (κ2) is 13.5. The Bertz CT molecular complexity index is 1530. The van der Waals surface area contributed by atoms with Gasteiger partial charge in [0.1, 0.15) is 11.8 Å². The molecule has 2 aromatic carbocycles. The van der Waals surface area contributed by atoms with Crippen LogP contribution in [0.3, 0.4) is 0 Å². The van der Waals surface area contributed by atoms with E-state index in [1.807, 2.05) is 24.3 Å². The Kier molecular flexibility index (Phi) is 9.80. The van der Waals surface area contributed by atoms with Gasteiger partial charge in [-0.3, -0.25) is 14.2 Å². The number of carbonyl (C=O) groups is 3. The van der Waals surface area contributed by atoms with E-state index in [0.717, 1.165) is 16.6 Å². The number of aromatic nitrogens is 2. The quantitative estimate of drug-likeness (QED) is 0.311. The van der Waals surface area contributed by atoms with Gasteiger partial charge in [-0.15, -0.1) is 0 Å². The van der Waals surface area contributed by atoms with Gasteiger partial charge in [0.2, 0.25) is 5.91 Å². The molecular weight excluding hydrogens is 686 g/mol. The van der Waals surface area contributed by atoms with Crippen LogP contribution in [0.15, 0.2) is 50.1 Å². The third-order valence-corrected chi connectivity index (χ3v) is 9.49. The number of aromatic amines is 1. The minimum atomic E-state index is -0.857. The van der Waals surface area contributed by atoms with Crippen LogP contribution in [0.1, 0.15) is 44.2 Å². The first-order chi connectivity index (χ1) is 20.7. The largest absolute Gasteiger partial charge is 0.506 e. The van der Waals surface area contributed by atoms with Gasteiger partial charge in [0, 0.05) is 38.6 Å². The number of carbonyl (C=O) groups excluding carboxylic acids is 3. The van der Waals surface area contributed by atoms with Crippen LogP contribution in [0, 0.1) is 5.92 Å². The molecule has 5 rings (SSSR count). The van der Waals surface area contributed by atoms with Crippen molar-refractivity contribution < 1.29 is 24.2 Å². The molecule has 0 unspecified atom stereocenters. The normalized spacial score (nSPS) is 17.2. The fraction of sp³-hybridized carbons (Fsp3) is 0.467. The third kappa shape index (κ3) is 6.93. The molecule has 0 radical (unpaired) electrons. The lowest BCUT2D eigenvalue weighted by Crippen LogP contribution is -2.55. The minimum Gasteiger partial charge on any atom is -0.506 e. The molecular formula is C30H35Br2N5O6. The number of likely N-dealkylation sites (tertiary alicyclic amines) is 2. The van der Waals surface area contributed by atoms with Crippen LogP contribution in [0.2, 0.25) is 0 Å². The fourth-order valence-corrected chi connectivity index (χ4v) is 7.27. The number of aromatic hydroxyl groups is 1. The number of piperidine rings is 2. The van der Waals surface area contributed by atoms with Crippen molar-refractivity contribution in [2.24, 2.45) is 5.92 Å². The number of phenols is 1. The molecule has 3 aromatic rings. The van der Waals surface area contributed by atoms with E-state index in [9.17, 15) is 24.3 Å². The maximum atomic E-state index is 13.8. The number of para-hydroxylation sites is 2. The number of urea groups is 1. The van der Waals surface area contributed by atoms with Crippen molar-refractivity contribution in [3.8, 4) is 5.75 Å². The first-order valence-electron chi connectivity index (χ1n) is 14.5. The number of esters is 1. The SMILES string of the molecule is CCOC(=O)C1CCN(C(=O)[C@H](Cc2cc(Br)c(O)c(Br)c2)NC(=O)N2CCC(n3c(=O)[nH]c4ccccc43)CC2)CC1. The number of nitrogens with zero attached hydrogens (tertiary/aromatic N) is 3. The van der Waals surface area contributed by atoms with Gasteiger partial charge in [-0.25, -0.2) is 9.59 Å². The van der Waals surface area contributed by atoms with E-state index in [2.05, 4.69) is 42.2 Å². The van der Waals surface area contributed by atoms with E-state index in [1.165, 1.54) is 0 Å². The fourth-order valence-electron chi connectivity index (χ4n) is 5.99. The smallest absolute Gasteiger partial charge is 0.326 e. The lowest BCUT2D eigenvalue weighted by Gasteiger charge is -2.36. The molecule has 0 spiro atoms. The van der Waals surface area contributed by atoms with Gasteiger partial charge in [0.15, 0.2) is 0 Å². The van der Waals surface area contributed by atoms with E-state index in [4.69, 9.17) is 4.74 Å². The lowest BCUT2D eigenvalue weighted by molar-refractivity contribution is -0.151. The van der Waals surface area contributed by atoms with Crippen LogP contribution in [0.4, 0.5) is 4.79 Å². The van der Waals surface area contributed by atoms with Crippen LogP contribution in [0.5, 0.6) is 5.75 Å². The molecule has 0 aliphatic carbocycles. The van der Waals surface area contributed by atoms with Crippen molar-refractivity contribution in [2.75, 3.05) is 32.8 Å². The van der Waals surface area contributed by atoms with Crippen LogP contribution < -0.4 is 11.0 Å². The second-order valence-electron chi connectivity index (χ2n) is 11.0. The van der Waals surface area contributed by atoms with E-state index < -0.39 is 6.04 Å².